The van der Waals surface area contributed by atoms with Gasteiger partial charge in [-0.25, -0.2) is 4.79 Å². The van der Waals surface area contributed by atoms with Crippen LogP contribution in [0.3, 0.4) is 0 Å². The molecule has 1 saturated heterocycles. The quantitative estimate of drug-likeness (QED) is 0.380. The smallest absolute Gasteiger partial charge is 0.376 e. The number of nitrogens with one attached hydrogen (secondary N) is 1. The molecule has 1 N–H and O–H groups in total. The van der Waals surface area contributed by atoms with Gasteiger partial charge in [0, 0.05) is 19.1 Å². The topological polar surface area (TPSA) is 90.9 Å². The molecule has 0 spiro atoms. The molecule has 2 fully saturated rings. The lowest BCUT2D eigenvalue weighted by atomic mass is 9.88. The number of Topliss-reactive ketones (excluding diaryl/α,β-unsaturated/α-hetero) is 1. The van der Waals surface area contributed by atoms with Crippen LogP contribution in [0.25, 0.3) is 0 Å². The molecule has 0 aromatic carbocycles. The second-order valence-electron chi connectivity index (χ2n) is 8.71. The lowest BCUT2D eigenvalue weighted by molar-refractivity contribution is -0.154. The Balaban J connectivity index is 0.000000553. The van der Waals surface area contributed by atoms with Crippen molar-refractivity contribution in [1.82, 2.24) is 5.32 Å². The van der Waals surface area contributed by atoms with Crippen molar-refractivity contribution in [1.29, 1.82) is 0 Å². The molecule has 1 heterocycles. The van der Waals surface area contributed by atoms with Crippen LogP contribution in [0.1, 0.15) is 79.1 Å². The number of carbonyl (C=O) groups is 3. The van der Waals surface area contributed by atoms with Gasteiger partial charge in [0.15, 0.2) is 0 Å². The van der Waals surface area contributed by atoms with E-state index >= 15 is 0 Å². The number of ether oxygens (including phenoxy) is 3. The Morgan fingerprint density at radius 3 is 1.83 bits per heavy atom. The summed E-state index contributed by atoms with van der Waals surface area (Å²) >= 11 is 0. The second kappa shape index (κ2) is 14.5. The Labute approximate surface area is 181 Å². The molecular weight excluding hydrogens is 386 g/mol. The van der Waals surface area contributed by atoms with Crippen LogP contribution in [0.15, 0.2) is 0 Å². The van der Waals surface area contributed by atoms with Crippen LogP contribution in [-0.4, -0.2) is 56.2 Å². The molecule has 0 bridgehead atoms. The maximum atomic E-state index is 12.6. The molecule has 7 heteroatoms. The van der Waals surface area contributed by atoms with E-state index in [1.165, 1.54) is 7.11 Å². The van der Waals surface area contributed by atoms with Crippen molar-refractivity contribution in [2.75, 3.05) is 20.3 Å². The Bertz CT molecular complexity index is 514. The van der Waals surface area contributed by atoms with Crippen molar-refractivity contribution in [2.45, 2.75) is 97.3 Å². The first-order valence-electron chi connectivity index (χ1n) is 11.4. The van der Waals surface area contributed by atoms with Gasteiger partial charge in [-0.3, -0.25) is 9.59 Å². The van der Waals surface area contributed by atoms with Gasteiger partial charge in [-0.2, -0.15) is 0 Å². The summed E-state index contributed by atoms with van der Waals surface area (Å²) in [5, 5.41) is 2.85. The van der Waals surface area contributed by atoms with Crippen molar-refractivity contribution in [3.8, 4) is 0 Å². The zero-order chi connectivity index (χ0) is 22.5. The second-order valence-corrected chi connectivity index (χ2v) is 8.71. The molecule has 1 atom stereocenters. The molecule has 0 radical (unpaired) electrons. The van der Waals surface area contributed by atoms with Gasteiger partial charge >= 0.3 is 5.97 Å². The van der Waals surface area contributed by atoms with Gasteiger partial charge in [0.2, 0.25) is 5.91 Å². The Kier molecular flexibility index (Phi) is 12.9. The number of hydrogen-bond donors (Lipinski definition) is 1. The fourth-order valence-electron chi connectivity index (χ4n) is 4.03. The minimum Gasteiger partial charge on any atom is -0.463 e. The van der Waals surface area contributed by atoms with E-state index in [1.54, 1.807) is 0 Å². The van der Waals surface area contributed by atoms with Gasteiger partial charge in [0.1, 0.15) is 6.04 Å². The number of hydrogen-bond acceptors (Lipinski definition) is 6. The van der Waals surface area contributed by atoms with Crippen LogP contribution in [0.4, 0.5) is 0 Å². The molecule has 1 unspecified atom stereocenters. The first kappa shape index (κ1) is 26.6. The Hall–Kier alpha value is -1.47. The van der Waals surface area contributed by atoms with Crippen LogP contribution in [0.5, 0.6) is 0 Å². The van der Waals surface area contributed by atoms with Gasteiger partial charge in [-0.05, 0) is 59.3 Å². The molecule has 1 aliphatic carbocycles. The average molecular weight is 428 g/mol. The van der Waals surface area contributed by atoms with E-state index in [-0.39, 0.29) is 17.7 Å². The fourth-order valence-corrected chi connectivity index (χ4v) is 4.03. The summed E-state index contributed by atoms with van der Waals surface area (Å²) < 4.78 is 15.1. The van der Waals surface area contributed by atoms with Crippen LogP contribution in [0, 0.1) is 11.8 Å². The molecule has 7 nitrogen and oxygen atoms in total. The highest BCUT2D eigenvalue weighted by Gasteiger charge is 2.36. The third-order valence-corrected chi connectivity index (χ3v) is 5.47. The van der Waals surface area contributed by atoms with Crippen molar-refractivity contribution in [2.24, 2.45) is 11.8 Å². The summed E-state index contributed by atoms with van der Waals surface area (Å²) in [5.41, 5.74) is 0. The molecule has 2 aliphatic rings. The summed E-state index contributed by atoms with van der Waals surface area (Å²) in [6.07, 6.45) is 8.21. The number of carbonyl (C=O) groups excluding carboxylic acids is 3. The number of amides is 1. The Morgan fingerprint density at radius 2 is 1.40 bits per heavy atom. The van der Waals surface area contributed by atoms with Gasteiger partial charge < -0.3 is 19.5 Å². The highest BCUT2D eigenvalue weighted by atomic mass is 16.5. The first-order chi connectivity index (χ1) is 14.3. The van der Waals surface area contributed by atoms with Crippen LogP contribution < -0.4 is 5.32 Å². The lowest BCUT2D eigenvalue weighted by Gasteiger charge is -2.30. The van der Waals surface area contributed by atoms with Gasteiger partial charge in [-0.1, -0.05) is 25.7 Å². The molecule has 1 aliphatic heterocycles. The monoisotopic (exact) mass is 427 g/mol. The molecule has 0 aromatic heterocycles. The largest absolute Gasteiger partial charge is 0.463 e. The predicted molar refractivity (Wildman–Crippen MR) is 115 cm³/mol. The van der Waals surface area contributed by atoms with Gasteiger partial charge in [-0.15, -0.1) is 0 Å². The van der Waals surface area contributed by atoms with Crippen molar-refractivity contribution >= 4 is 17.7 Å². The maximum absolute atomic E-state index is 12.6. The van der Waals surface area contributed by atoms with Crippen molar-refractivity contribution in [3.05, 3.63) is 0 Å². The van der Waals surface area contributed by atoms with Gasteiger partial charge in [0.05, 0.1) is 19.3 Å². The van der Waals surface area contributed by atoms with Crippen LogP contribution >= 0.6 is 0 Å². The number of ketones is 1. The molecule has 1 amide bonds. The minimum atomic E-state index is -0.886. The summed E-state index contributed by atoms with van der Waals surface area (Å²) in [5.74, 6) is -1.75. The SMILES string of the molecule is CC(C)OC(C)C.COC(=O)C(=O)C(NC(=O)C1CCCCCC1)C1CCOCC1. The van der Waals surface area contributed by atoms with E-state index in [9.17, 15) is 14.4 Å². The number of rotatable bonds is 7. The fraction of sp³-hybridized carbons (Fsp3) is 0.870. The molecule has 1 saturated carbocycles. The molecule has 174 valence electrons. The summed E-state index contributed by atoms with van der Waals surface area (Å²) in [7, 11) is 1.19. The highest BCUT2D eigenvalue weighted by molar-refractivity contribution is 6.36. The zero-order valence-electron chi connectivity index (χ0n) is 19.4. The normalized spacial score (nSPS) is 19.4. The third-order valence-electron chi connectivity index (χ3n) is 5.47. The Morgan fingerprint density at radius 1 is 0.867 bits per heavy atom. The van der Waals surface area contributed by atoms with E-state index < -0.39 is 17.8 Å². The first-order valence-corrected chi connectivity index (χ1v) is 11.4. The highest BCUT2D eigenvalue weighted by Crippen LogP contribution is 2.25. The molecule has 30 heavy (non-hydrogen) atoms. The number of esters is 1. The van der Waals surface area contributed by atoms with Crippen LogP contribution in [-0.2, 0) is 28.6 Å². The number of methoxy groups -OCH3 is 1. The lowest BCUT2D eigenvalue weighted by Crippen LogP contribution is -2.51. The van der Waals surface area contributed by atoms with Crippen molar-refractivity contribution in [3.63, 3.8) is 0 Å². The summed E-state index contributed by atoms with van der Waals surface area (Å²) in [4.78, 5) is 36.6. The van der Waals surface area contributed by atoms with E-state index in [4.69, 9.17) is 9.47 Å². The molecule has 2 rings (SSSR count). The predicted octanol–water partition coefficient (Wildman–Crippen LogP) is 3.43. The van der Waals surface area contributed by atoms with Crippen LogP contribution in [0.2, 0.25) is 0 Å². The zero-order valence-corrected chi connectivity index (χ0v) is 19.4. The van der Waals surface area contributed by atoms with E-state index in [0.29, 0.717) is 38.3 Å². The van der Waals surface area contributed by atoms with Gasteiger partial charge in [0.25, 0.3) is 5.78 Å². The summed E-state index contributed by atoms with van der Waals surface area (Å²) in [6, 6.07) is -0.790. The van der Waals surface area contributed by atoms with E-state index in [2.05, 4.69) is 10.1 Å². The van der Waals surface area contributed by atoms with E-state index in [1.807, 2.05) is 27.7 Å². The maximum Gasteiger partial charge on any atom is 0.376 e. The average Bonchev–Trinajstić information content (AvgIpc) is 3.00. The third kappa shape index (κ3) is 10.0. The summed E-state index contributed by atoms with van der Waals surface area (Å²) in [6.45, 7) is 9.27. The standard InChI is InChI=1S/C17H27NO5.C6H14O/c1-22-17(21)15(19)14(12-8-10-23-11-9-12)18-16(20)13-6-4-2-3-5-7-13;1-5(2)7-6(3)4/h12-14H,2-11H2,1H3,(H,18,20);5-6H,1-4H3. The minimum absolute atomic E-state index is 0.0507. The molecule has 0 aromatic rings. The molecular formula is C23H41NO6. The van der Waals surface area contributed by atoms with Crippen molar-refractivity contribution < 1.29 is 28.6 Å². The van der Waals surface area contributed by atoms with E-state index in [0.717, 1.165) is 38.5 Å².